The molecular formula is C14H27N3O4. The van der Waals surface area contributed by atoms with Crippen molar-refractivity contribution in [3.05, 3.63) is 0 Å². The van der Waals surface area contributed by atoms with Gasteiger partial charge in [0.25, 0.3) is 0 Å². The van der Waals surface area contributed by atoms with Gasteiger partial charge in [0.05, 0.1) is 13.2 Å². The van der Waals surface area contributed by atoms with Crippen LogP contribution < -0.4 is 10.6 Å². The predicted octanol–water partition coefficient (Wildman–Crippen LogP) is 0.506. The smallest absolute Gasteiger partial charge is 0.326 e. The maximum atomic E-state index is 11.9. The zero-order valence-corrected chi connectivity index (χ0v) is 13.1. The van der Waals surface area contributed by atoms with Crippen LogP contribution in [0.3, 0.4) is 0 Å². The van der Waals surface area contributed by atoms with Crippen molar-refractivity contribution in [2.45, 2.75) is 39.3 Å². The summed E-state index contributed by atoms with van der Waals surface area (Å²) in [6, 6.07) is -1.33. The van der Waals surface area contributed by atoms with Crippen molar-refractivity contribution < 1.29 is 19.4 Å². The first-order valence-corrected chi connectivity index (χ1v) is 7.54. The summed E-state index contributed by atoms with van der Waals surface area (Å²) in [4.78, 5) is 25.3. The van der Waals surface area contributed by atoms with Crippen LogP contribution in [0.25, 0.3) is 0 Å². The highest BCUT2D eigenvalue weighted by molar-refractivity contribution is 5.82. The number of amides is 2. The van der Waals surface area contributed by atoms with Crippen LogP contribution in [0.15, 0.2) is 0 Å². The minimum Gasteiger partial charge on any atom is -0.480 e. The minimum atomic E-state index is -1.000. The van der Waals surface area contributed by atoms with E-state index in [0.29, 0.717) is 19.6 Å². The molecule has 2 amide bonds. The third-order valence-corrected chi connectivity index (χ3v) is 3.78. The molecule has 122 valence electrons. The summed E-state index contributed by atoms with van der Waals surface area (Å²) < 4.78 is 5.27. The maximum Gasteiger partial charge on any atom is 0.326 e. The van der Waals surface area contributed by atoms with Gasteiger partial charge in [-0.3, -0.25) is 4.90 Å². The third-order valence-electron chi connectivity index (χ3n) is 3.78. The number of hydrogen-bond acceptors (Lipinski definition) is 4. The molecule has 3 N–H and O–H groups in total. The third kappa shape index (κ3) is 6.31. The molecule has 2 unspecified atom stereocenters. The van der Waals surface area contributed by atoms with E-state index in [4.69, 9.17) is 9.84 Å². The lowest BCUT2D eigenvalue weighted by Crippen LogP contribution is -2.53. The Morgan fingerprint density at radius 1 is 1.24 bits per heavy atom. The van der Waals surface area contributed by atoms with E-state index in [1.807, 2.05) is 20.8 Å². The fourth-order valence-electron chi connectivity index (χ4n) is 2.31. The van der Waals surface area contributed by atoms with Crippen molar-refractivity contribution in [2.24, 2.45) is 5.92 Å². The Hall–Kier alpha value is -1.34. The largest absolute Gasteiger partial charge is 0.480 e. The van der Waals surface area contributed by atoms with Gasteiger partial charge in [0.1, 0.15) is 6.04 Å². The van der Waals surface area contributed by atoms with Crippen LogP contribution in [0.2, 0.25) is 0 Å². The molecule has 0 saturated carbocycles. The molecule has 0 bridgehead atoms. The van der Waals surface area contributed by atoms with Crippen LogP contribution in [-0.2, 0) is 9.53 Å². The molecule has 1 saturated heterocycles. The summed E-state index contributed by atoms with van der Waals surface area (Å²) in [5, 5.41) is 14.5. The number of rotatable bonds is 7. The van der Waals surface area contributed by atoms with Gasteiger partial charge in [0.2, 0.25) is 0 Å². The zero-order chi connectivity index (χ0) is 15.8. The first kappa shape index (κ1) is 17.7. The number of hydrogen-bond donors (Lipinski definition) is 3. The van der Waals surface area contributed by atoms with Crippen molar-refractivity contribution in [2.75, 3.05) is 32.8 Å². The Morgan fingerprint density at radius 2 is 1.86 bits per heavy atom. The van der Waals surface area contributed by atoms with Crippen LogP contribution in [0.1, 0.15) is 27.2 Å². The van der Waals surface area contributed by atoms with E-state index in [0.717, 1.165) is 19.6 Å². The molecule has 1 rings (SSSR count). The van der Waals surface area contributed by atoms with E-state index < -0.39 is 18.0 Å². The van der Waals surface area contributed by atoms with Gasteiger partial charge >= 0.3 is 12.0 Å². The van der Waals surface area contributed by atoms with Crippen LogP contribution in [0, 0.1) is 5.92 Å². The number of carboxylic acid groups (broad SMARTS) is 1. The van der Waals surface area contributed by atoms with Gasteiger partial charge in [-0.15, -0.1) is 0 Å². The van der Waals surface area contributed by atoms with Crippen molar-refractivity contribution in [3.63, 3.8) is 0 Å². The second-order valence-electron chi connectivity index (χ2n) is 5.63. The lowest BCUT2D eigenvalue weighted by molar-refractivity contribution is -0.140. The standard InChI is InChI=1S/C14H27N3O4/c1-4-10(2)12(13(18)19)16-14(20)15-11(3)9-17-5-7-21-8-6-17/h10-12H,4-9H2,1-3H3,(H,18,19)(H2,15,16,20)/t10?,11?,12-/m0/s1. The van der Waals surface area contributed by atoms with Gasteiger partial charge in [-0.05, 0) is 12.8 Å². The molecule has 0 aromatic heterocycles. The van der Waals surface area contributed by atoms with Crippen LogP contribution in [0.4, 0.5) is 4.79 Å². The molecule has 7 nitrogen and oxygen atoms in total. The van der Waals surface area contributed by atoms with E-state index >= 15 is 0 Å². The number of aliphatic carboxylic acids is 1. The molecule has 7 heteroatoms. The molecule has 1 aliphatic heterocycles. The van der Waals surface area contributed by atoms with Gasteiger partial charge in [-0.25, -0.2) is 9.59 Å². The molecule has 3 atom stereocenters. The molecule has 0 spiro atoms. The van der Waals surface area contributed by atoms with E-state index in [2.05, 4.69) is 15.5 Å². The summed E-state index contributed by atoms with van der Waals surface area (Å²) in [7, 11) is 0. The quantitative estimate of drug-likeness (QED) is 0.637. The molecule has 0 aromatic rings. The highest BCUT2D eigenvalue weighted by atomic mass is 16.5. The minimum absolute atomic E-state index is 0.0468. The van der Waals surface area contributed by atoms with Gasteiger partial charge in [0, 0.05) is 25.7 Å². The van der Waals surface area contributed by atoms with Crippen LogP contribution in [0.5, 0.6) is 0 Å². The molecule has 1 aliphatic rings. The van der Waals surface area contributed by atoms with Crippen LogP contribution in [-0.4, -0.2) is 66.9 Å². The Labute approximate surface area is 126 Å². The Bertz CT molecular complexity index is 345. The first-order chi connectivity index (χ1) is 9.93. The van der Waals surface area contributed by atoms with Crippen molar-refractivity contribution in [1.82, 2.24) is 15.5 Å². The summed E-state index contributed by atoms with van der Waals surface area (Å²) in [5.41, 5.74) is 0. The fourth-order valence-corrected chi connectivity index (χ4v) is 2.31. The number of carbonyl (C=O) groups excluding carboxylic acids is 1. The average molecular weight is 301 g/mol. The molecule has 0 aromatic carbocycles. The molecule has 21 heavy (non-hydrogen) atoms. The van der Waals surface area contributed by atoms with E-state index in [1.54, 1.807) is 0 Å². The van der Waals surface area contributed by atoms with E-state index in [-0.39, 0.29) is 12.0 Å². The van der Waals surface area contributed by atoms with E-state index in [9.17, 15) is 9.59 Å². The summed E-state index contributed by atoms with van der Waals surface area (Å²) >= 11 is 0. The molecule has 1 heterocycles. The fraction of sp³-hybridized carbons (Fsp3) is 0.857. The van der Waals surface area contributed by atoms with Crippen LogP contribution >= 0.6 is 0 Å². The summed E-state index contributed by atoms with van der Waals surface area (Å²) in [5.74, 6) is -1.11. The highest BCUT2D eigenvalue weighted by Crippen LogP contribution is 2.07. The lowest BCUT2D eigenvalue weighted by Gasteiger charge is -2.29. The Balaban J connectivity index is 2.38. The topological polar surface area (TPSA) is 90.9 Å². The normalized spacial score (nSPS) is 20.3. The number of ether oxygens (including phenoxy) is 1. The molecule has 0 radical (unpaired) electrons. The average Bonchev–Trinajstić information content (AvgIpc) is 2.44. The van der Waals surface area contributed by atoms with Crippen molar-refractivity contribution >= 4 is 12.0 Å². The number of urea groups is 1. The molecular weight excluding hydrogens is 274 g/mol. The van der Waals surface area contributed by atoms with E-state index in [1.165, 1.54) is 0 Å². The number of morpholine rings is 1. The van der Waals surface area contributed by atoms with Crippen molar-refractivity contribution in [3.8, 4) is 0 Å². The second kappa shape index (κ2) is 8.84. The summed E-state index contributed by atoms with van der Waals surface area (Å²) in [6.07, 6.45) is 0.695. The first-order valence-electron chi connectivity index (χ1n) is 7.54. The SMILES string of the molecule is CCC(C)[C@H](NC(=O)NC(C)CN1CCOCC1)C(=O)O. The van der Waals surface area contributed by atoms with Gasteiger partial charge in [-0.2, -0.15) is 0 Å². The van der Waals surface area contributed by atoms with Crippen molar-refractivity contribution in [1.29, 1.82) is 0 Å². The molecule has 1 fully saturated rings. The van der Waals surface area contributed by atoms with Gasteiger partial charge in [0.15, 0.2) is 0 Å². The molecule has 0 aliphatic carbocycles. The predicted molar refractivity (Wildman–Crippen MR) is 79.3 cm³/mol. The monoisotopic (exact) mass is 301 g/mol. The zero-order valence-electron chi connectivity index (χ0n) is 13.1. The van der Waals surface area contributed by atoms with Gasteiger partial charge in [-0.1, -0.05) is 20.3 Å². The number of nitrogens with zero attached hydrogens (tertiary/aromatic N) is 1. The summed E-state index contributed by atoms with van der Waals surface area (Å²) in [6.45, 7) is 9.52. The lowest BCUT2D eigenvalue weighted by atomic mass is 9.99. The number of carbonyl (C=O) groups is 2. The van der Waals surface area contributed by atoms with Gasteiger partial charge < -0.3 is 20.5 Å². The maximum absolute atomic E-state index is 11.9. The Kier molecular flexibility index (Phi) is 7.45. The number of nitrogens with one attached hydrogen (secondary N) is 2. The highest BCUT2D eigenvalue weighted by Gasteiger charge is 2.26. The Morgan fingerprint density at radius 3 is 2.38 bits per heavy atom. The number of carboxylic acids is 1. The second-order valence-corrected chi connectivity index (χ2v) is 5.63.